The Balaban J connectivity index is 1.88. The predicted molar refractivity (Wildman–Crippen MR) is 69.9 cm³/mol. The number of rotatable bonds is 3. The Bertz CT molecular complexity index is 344. The van der Waals surface area contributed by atoms with Crippen molar-refractivity contribution in [2.45, 2.75) is 45.2 Å². The maximum absolute atomic E-state index is 5.73. The second-order valence-electron chi connectivity index (χ2n) is 5.16. The van der Waals surface area contributed by atoms with E-state index in [0.29, 0.717) is 11.2 Å². The van der Waals surface area contributed by atoms with Gasteiger partial charge < -0.3 is 0 Å². The zero-order chi connectivity index (χ0) is 12.3. The number of nitrogens with zero attached hydrogens (tertiary/aromatic N) is 3. The maximum Gasteiger partial charge on any atom is 0.147 e. The van der Waals surface area contributed by atoms with Crippen molar-refractivity contribution < 1.29 is 0 Å². The summed E-state index contributed by atoms with van der Waals surface area (Å²) < 4.78 is 0. The molecule has 1 heterocycles. The molecule has 3 nitrogen and oxygen atoms in total. The summed E-state index contributed by atoms with van der Waals surface area (Å²) in [6.45, 7) is 3.21. The molecule has 0 saturated heterocycles. The topological polar surface area (TPSA) is 29.0 Å². The Morgan fingerprint density at radius 2 is 1.94 bits per heavy atom. The molecule has 1 aromatic heterocycles. The van der Waals surface area contributed by atoms with Crippen LogP contribution in [-0.2, 0) is 6.54 Å². The molecular formula is C13H20ClN3. The Morgan fingerprint density at radius 1 is 1.24 bits per heavy atom. The van der Waals surface area contributed by atoms with Crippen LogP contribution in [0, 0.1) is 5.92 Å². The number of hydrogen-bond donors (Lipinski definition) is 0. The van der Waals surface area contributed by atoms with Gasteiger partial charge in [0.15, 0.2) is 0 Å². The first kappa shape index (κ1) is 12.8. The first-order valence-electron chi connectivity index (χ1n) is 6.32. The first-order chi connectivity index (χ1) is 8.15. The molecule has 2 rings (SSSR count). The van der Waals surface area contributed by atoms with Crippen LogP contribution >= 0.6 is 11.6 Å². The molecule has 1 fully saturated rings. The molecule has 94 valence electrons. The van der Waals surface area contributed by atoms with E-state index < -0.39 is 0 Å². The second kappa shape index (κ2) is 5.78. The molecule has 0 radical (unpaired) electrons. The van der Waals surface area contributed by atoms with Crippen molar-refractivity contribution in [1.82, 2.24) is 14.9 Å². The Morgan fingerprint density at radius 3 is 2.53 bits per heavy atom. The summed E-state index contributed by atoms with van der Waals surface area (Å²) >= 11 is 5.73. The van der Waals surface area contributed by atoms with Crippen LogP contribution in [0.4, 0.5) is 0 Å². The van der Waals surface area contributed by atoms with Gasteiger partial charge in [0.25, 0.3) is 0 Å². The third-order valence-electron chi connectivity index (χ3n) is 3.69. The summed E-state index contributed by atoms with van der Waals surface area (Å²) in [5, 5.41) is 0.461. The van der Waals surface area contributed by atoms with E-state index in [1.807, 2.05) is 0 Å². The van der Waals surface area contributed by atoms with Crippen LogP contribution < -0.4 is 0 Å². The average Bonchev–Trinajstić information content (AvgIpc) is 2.33. The Labute approximate surface area is 108 Å². The minimum atomic E-state index is 0.461. The van der Waals surface area contributed by atoms with Crippen LogP contribution in [-0.4, -0.2) is 28.0 Å². The Kier molecular flexibility index (Phi) is 4.35. The van der Waals surface area contributed by atoms with Crippen molar-refractivity contribution in [3.8, 4) is 0 Å². The summed E-state index contributed by atoms with van der Waals surface area (Å²) in [6, 6.07) is 0.698. The maximum atomic E-state index is 5.73. The van der Waals surface area contributed by atoms with Crippen LogP contribution in [0.2, 0.25) is 5.15 Å². The van der Waals surface area contributed by atoms with Gasteiger partial charge in [0.2, 0.25) is 0 Å². The van der Waals surface area contributed by atoms with Gasteiger partial charge in [0, 0.05) is 12.6 Å². The van der Waals surface area contributed by atoms with Crippen molar-refractivity contribution in [2.75, 3.05) is 7.05 Å². The normalized spacial score (nSPS) is 25.2. The van der Waals surface area contributed by atoms with E-state index in [0.717, 1.165) is 18.2 Å². The third-order valence-corrected chi connectivity index (χ3v) is 3.89. The molecule has 4 heteroatoms. The van der Waals surface area contributed by atoms with Crippen LogP contribution in [0.15, 0.2) is 12.4 Å². The fourth-order valence-corrected chi connectivity index (χ4v) is 2.59. The van der Waals surface area contributed by atoms with Gasteiger partial charge in [-0.25, -0.2) is 4.98 Å². The summed E-state index contributed by atoms with van der Waals surface area (Å²) in [5.74, 6) is 0.898. The molecule has 0 amide bonds. The van der Waals surface area contributed by atoms with E-state index in [-0.39, 0.29) is 0 Å². The van der Waals surface area contributed by atoms with Gasteiger partial charge in [-0.2, -0.15) is 0 Å². The summed E-state index contributed by atoms with van der Waals surface area (Å²) in [5.41, 5.74) is 0.996. The highest BCUT2D eigenvalue weighted by molar-refractivity contribution is 6.29. The zero-order valence-corrected chi connectivity index (χ0v) is 11.3. The highest BCUT2D eigenvalue weighted by Gasteiger charge is 2.21. The van der Waals surface area contributed by atoms with Gasteiger partial charge in [-0.15, -0.1) is 0 Å². The molecule has 1 aliphatic rings. The standard InChI is InChI=1S/C13H20ClN3/c1-10-3-5-12(6-4-10)17(2)9-11-7-16-13(14)8-15-11/h7-8,10,12H,3-6,9H2,1-2H3. The lowest BCUT2D eigenvalue weighted by Crippen LogP contribution is -2.34. The molecule has 1 aromatic rings. The molecule has 0 unspecified atom stereocenters. The third kappa shape index (κ3) is 3.65. The number of hydrogen-bond acceptors (Lipinski definition) is 3. The van der Waals surface area contributed by atoms with Crippen molar-refractivity contribution in [2.24, 2.45) is 5.92 Å². The van der Waals surface area contributed by atoms with Gasteiger partial charge >= 0.3 is 0 Å². The fraction of sp³-hybridized carbons (Fsp3) is 0.692. The first-order valence-corrected chi connectivity index (χ1v) is 6.69. The monoisotopic (exact) mass is 253 g/mol. The molecule has 0 N–H and O–H groups in total. The van der Waals surface area contributed by atoms with Crippen molar-refractivity contribution in [3.63, 3.8) is 0 Å². The smallest absolute Gasteiger partial charge is 0.147 e. The fourth-order valence-electron chi connectivity index (χ4n) is 2.49. The van der Waals surface area contributed by atoms with Crippen LogP contribution in [0.5, 0.6) is 0 Å². The summed E-state index contributed by atoms with van der Waals surface area (Å²) in [4.78, 5) is 10.8. The molecule has 0 aliphatic heterocycles. The number of halogens is 1. The van der Waals surface area contributed by atoms with Crippen molar-refractivity contribution in [1.29, 1.82) is 0 Å². The highest BCUT2D eigenvalue weighted by Crippen LogP contribution is 2.26. The van der Waals surface area contributed by atoms with E-state index >= 15 is 0 Å². The number of aromatic nitrogens is 2. The molecule has 0 aromatic carbocycles. The molecule has 1 saturated carbocycles. The van der Waals surface area contributed by atoms with E-state index in [4.69, 9.17) is 11.6 Å². The van der Waals surface area contributed by atoms with E-state index in [2.05, 4.69) is 28.8 Å². The average molecular weight is 254 g/mol. The van der Waals surface area contributed by atoms with Gasteiger partial charge in [-0.1, -0.05) is 18.5 Å². The van der Waals surface area contributed by atoms with E-state index in [1.54, 1.807) is 12.4 Å². The predicted octanol–water partition coefficient (Wildman–Crippen LogP) is 3.14. The van der Waals surface area contributed by atoms with Crippen molar-refractivity contribution >= 4 is 11.6 Å². The lowest BCUT2D eigenvalue weighted by molar-refractivity contribution is 0.162. The molecule has 0 atom stereocenters. The van der Waals surface area contributed by atoms with Crippen LogP contribution in [0.1, 0.15) is 38.3 Å². The lowest BCUT2D eigenvalue weighted by atomic mass is 9.87. The van der Waals surface area contributed by atoms with E-state index in [1.165, 1.54) is 25.7 Å². The lowest BCUT2D eigenvalue weighted by Gasteiger charge is -2.33. The summed E-state index contributed by atoms with van der Waals surface area (Å²) in [7, 11) is 2.18. The summed E-state index contributed by atoms with van der Waals surface area (Å²) in [6.07, 6.45) is 8.69. The minimum Gasteiger partial charge on any atom is -0.298 e. The minimum absolute atomic E-state index is 0.461. The van der Waals surface area contributed by atoms with E-state index in [9.17, 15) is 0 Å². The molecule has 17 heavy (non-hydrogen) atoms. The Hall–Kier alpha value is -0.670. The molecule has 1 aliphatic carbocycles. The van der Waals surface area contributed by atoms with Crippen molar-refractivity contribution in [3.05, 3.63) is 23.2 Å². The van der Waals surface area contributed by atoms with Gasteiger partial charge in [-0.05, 0) is 38.6 Å². The highest BCUT2D eigenvalue weighted by atomic mass is 35.5. The largest absolute Gasteiger partial charge is 0.298 e. The molecule has 0 bridgehead atoms. The van der Waals surface area contributed by atoms with Gasteiger partial charge in [0.1, 0.15) is 5.15 Å². The van der Waals surface area contributed by atoms with Gasteiger partial charge in [-0.3, -0.25) is 9.88 Å². The van der Waals surface area contributed by atoms with Crippen LogP contribution in [0.25, 0.3) is 0 Å². The SMILES string of the molecule is CC1CCC(N(C)Cc2cnc(Cl)cn2)CC1. The quantitative estimate of drug-likeness (QED) is 0.829. The van der Waals surface area contributed by atoms with Crippen LogP contribution in [0.3, 0.4) is 0 Å². The molecule has 0 spiro atoms. The molecular weight excluding hydrogens is 234 g/mol. The second-order valence-corrected chi connectivity index (χ2v) is 5.55. The van der Waals surface area contributed by atoms with Gasteiger partial charge in [0.05, 0.1) is 18.1 Å². The zero-order valence-electron chi connectivity index (χ0n) is 10.6.